The first-order valence-corrected chi connectivity index (χ1v) is 9.47. The van der Waals surface area contributed by atoms with Gasteiger partial charge in [0.1, 0.15) is 0 Å². The molecule has 1 saturated carbocycles. The highest BCUT2D eigenvalue weighted by Gasteiger charge is 2.44. The van der Waals surface area contributed by atoms with E-state index in [2.05, 4.69) is 6.92 Å². The first kappa shape index (κ1) is 16.4. The van der Waals surface area contributed by atoms with E-state index in [9.17, 15) is 0 Å². The van der Waals surface area contributed by atoms with Crippen molar-refractivity contribution in [3.63, 3.8) is 0 Å². The molecule has 118 valence electrons. The van der Waals surface area contributed by atoms with Crippen molar-refractivity contribution in [1.82, 2.24) is 0 Å². The second kappa shape index (κ2) is 7.36. The van der Waals surface area contributed by atoms with Crippen LogP contribution >= 0.6 is 0 Å². The SMILES string of the molecule is CC(C)O[SiH](OC(C)C)OC(C)CC1CCC2OC2C1. The Balaban J connectivity index is 1.73. The number of hydrogen-bond donors (Lipinski definition) is 0. The van der Waals surface area contributed by atoms with Crippen molar-refractivity contribution >= 4 is 9.53 Å². The molecule has 2 rings (SSSR count). The number of ether oxygens (including phenoxy) is 1. The molecule has 4 nitrogen and oxygen atoms in total. The Bertz CT molecular complexity index is 288. The third kappa shape index (κ3) is 5.45. The van der Waals surface area contributed by atoms with Crippen molar-refractivity contribution in [3.8, 4) is 0 Å². The highest BCUT2D eigenvalue weighted by molar-refractivity contribution is 6.36. The minimum atomic E-state index is -2.02. The highest BCUT2D eigenvalue weighted by atomic mass is 28.3. The maximum Gasteiger partial charge on any atom is 0.484 e. The average molecular weight is 302 g/mol. The van der Waals surface area contributed by atoms with Crippen LogP contribution in [0.4, 0.5) is 0 Å². The van der Waals surface area contributed by atoms with Gasteiger partial charge >= 0.3 is 9.53 Å². The predicted molar refractivity (Wildman–Crippen MR) is 80.8 cm³/mol. The van der Waals surface area contributed by atoms with E-state index < -0.39 is 9.53 Å². The van der Waals surface area contributed by atoms with Gasteiger partial charge in [-0.05, 0) is 66.2 Å². The molecule has 0 bridgehead atoms. The second-order valence-electron chi connectivity index (χ2n) is 6.73. The summed E-state index contributed by atoms with van der Waals surface area (Å²) in [6.07, 6.45) is 6.47. The van der Waals surface area contributed by atoms with E-state index in [1.807, 2.05) is 27.7 Å². The van der Waals surface area contributed by atoms with Gasteiger partial charge in [0, 0.05) is 18.3 Å². The Kier molecular flexibility index (Phi) is 6.04. The molecule has 5 heteroatoms. The molecule has 4 unspecified atom stereocenters. The molecule has 0 aromatic heterocycles. The molecule has 0 radical (unpaired) electrons. The summed E-state index contributed by atoms with van der Waals surface area (Å²) in [6.45, 7) is 10.3. The number of fused-ring (bicyclic) bond motifs is 1. The van der Waals surface area contributed by atoms with Crippen LogP contribution in [0.2, 0.25) is 0 Å². The maximum absolute atomic E-state index is 6.08. The normalized spacial score (nSPS) is 30.9. The van der Waals surface area contributed by atoms with Gasteiger partial charge in [-0.2, -0.15) is 0 Å². The molecule has 2 aliphatic rings. The van der Waals surface area contributed by atoms with Crippen LogP contribution in [0.25, 0.3) is 0 Å². The summed E-state index contributed by atoms with van der Waals surface area (Å²) in [5, 5.41) is 0. The summed E-state index contributed by atoms with van der Waals surface area (Å²) in [5.41, 5.74) is 0. The first-order chi connectivity index (χ1) is 9.44. The molecule has 1 aliphatic heterocycles. The lowest BCUT2D eigenvalue weighted by atomic mass is 9.86. The molecular formula is C15H30O4Si. The van der Waals surface area contributed by atoms with Gasteiger partial charge in [-0.1, -0.05) is 0 Å². The lowest BCUT2D eigenvalue weighted by Crippen LogP contribution is -2.36. The van der Waals surface area contributed by atoms with Gasteiger partial charge in [0.05, 0.1) is 12.2 Å². The number of rotatable bonds is 8. The highest BCUT2D eigenvalue weighted by Crippen LogP contribution is 2.41. The molecule has 1 heterocycles. The van der Waals surface area contributed by atoms with Gasteiger partial charge in [0.15, 0.2) is 0 Å². The second-order valence-corrected chi connectivity index (χ2v) is 8.13. The van der Waals surface area contributed by atoms with Crippen LogP contribution in [-0.2, 0) is 18.0 Å². The number of epoxide rings is 1. The zero-order valence-corrected chi connectivity index (χ0v) is 14.7. The molecule has 1 saturated heterocycles. The lowest BCUT2D eigenvalue weighted by molar-refractivity contribution is 0.0213. The van der Waals surface area contributed by atoms with Crippen molar-refractivity contribution in [2.24, 2.45) is 5.92 Å². The van der Waals surface area contributed by atoms with Crippen LogP contribution in [0.15, 0.2) is 0 Å². The Morgan fingerprint density at radius 1 is 0.950 bits per heavy atom. The fourth-order valence-corrected chi connectivity index (χ4v) is 4.53. The van der Waals surface area contributed by atoms with Crippen LogP contribution in [0, 0.1) is 5.92 Å². The van der Waals surface area contributed by atoms with E-state index in [-0.39, 0.29) is 18.3 Å². The first-order valence-electron chi connectivity index (χ1n) is 8.06. The molecule has 0 spiro atoms. The van der Waals surface area contributed by atoms with E-state index in [0.717, 1.165) is 12.3 Å². The van der Waals surface area contributed by atoms with Gasteiger partial charge in [0.25, 0.3) is 0 Å². The fraction of sp³-hybridized carbons (Fsp3) is 1.00. The Labute approximate surface area is 125 Å². The Hall–Kier alpha value is 0.0569. The minimum absolute atomic E-state index is 0.160. The van der Waals surface area contributed by atoms with E-state index in [0.29, 0.717) is 12.2 Å². The molecule has 1 aliphatic carbocycles. The third-order valence-electron chi connectivity index (χ3n) is 3.89. The van der Waals surface area contributed by atoms with Gasteiger partial charge in [-0.15, -0.1) is 0 Å². The zero-order valence-electron chi connectivity index (χ0n) is 13.5. The molecule has 0 N–H and O–H groups in total. The van der Waals surface area contributed by atoms with Gasteiger partial charge in [-0.25, -0.2) is 0 Å². The number of hydrogen-bond acceptors (Lipinski definition) is 4. The van der Waals surface area contributed by atoms with Crippen LogP contribution in [0.1, 0.15) is 60.3 Å². The maximum atomic E-state index is 6.08. The van der Waals surface area contributed by atoms with Crippen molar-refractivity contribution in [3.05, 3.63) is 0 Å². The lowest BCUT2D eigenvalue weighted by Gasteiger charge is -2.27. The molecule has 0 aromatic rings. The van der Waals surface area contributed by atoms with Gasteiger partial charge in [0.2, 0.25) is 0 Å². The molecular weight excluding hydrogens is 272 g/mol. The quantitative estimate of drug-likeness (QED) is 0.510. The average Bonchev–Trinajstić information content (AvgIpc) is 3.04. The van der Waals surface area contributed by atoms with Crippen LogP contribution in [0.3, 0.4) is 0 Å². The largest absolute Gasteiger partial charge is 0.484 e. The standard InChI is InChI=1S/C15H30O4Si/c1-10(2)17-20(18-11(3)4)19-12(5)8-13-6-7-14-15(9-13)16-14/h10-15,20H,6-9H2,1-5H3. The predicted octanol–water partition coefficient (Wildman–Crippen LogP) is 2.92. The molecule has 20 heavy (non-hydrogen) atoms. The van der Waals surface area contributed by atoms with Crippen molar-refractivity contribution in [2.75, 3.05) is 0 Å². The topological polar surface area (TPSA) is 40.2 Å². The van der Waals surface area contributed by atoms with Crippen molar-refractivity contribution in [1.29, 1.82) is 0 Å². The summed E-state index contributed by atoms with van der Waals surface area (Å²) in [6, 6.07) is 0. The van der Waals surface area contributed by atoms with E-state index in [4.69, 9.17) is 18.0 Å². The Morgan fingerprint density at radius 3 is 2.15 bits per heavy atom. The van der Waals surface area contributed by atoms with Gasteiger partial charge < -0.3 is 18.0 Å². The van der Waals surface area contributed by atoms with E-state index >= 15 is 0 Å². The monoisotopic (exact) mass is 302 g/mol. The summed E-state index contributed by atoms with van der Waals surface area (Å²) in [4.78, 5) is 0. The molecule has 0 amide bonds. The van der Waals surface area contributed by atoms with Crippen molar-refractivity contribution in [2.45, 2.75) is 90.8 Å². The van der Waals surface area contributed by atoms with Crippen LogP contribution in [0.5, 0.6) is 0 Å². The molecule has 4 atom stereocenters. The van der Waals surface area contributed by atoms with Crippen LogP contribution < -0.4 is 0 Å². The minimum Gasteiger partial charge on any atom is -0.373 e. The fourth-order valence-electron chi connectivity index (χ4n) is 2.96. The van der Waals surface area contributed by atoms with Gasteiger partial charge in [-0.3, -0.25) is 0 Å². The van der Waals surface area contributed by atoms with Crippen molar-refractivity contribution < 1.29 is 18.0 Å². The summed E-state index contributed by atoms with van der Waals surface area (Å²) < 4.78 is 23.3. The summed E-state index contributed by atoms with van der Waals surface area (Å²) in [5.74, 6) is 0.737. The smallest absolute Gasteiger partial charge is 0.373 e. The Morgan fingerprint density at radius 2 is 1.60 bits per heavy atom. The zero-order chi connectivity index (χ0) is 14.7. The van der Waals surface area contributed by atoms with E-state index in [1.54, 1.807) is 0 Å². The van der Waals surface area contributed by atoms with E-state index in [1.165, 1.54) is 19.3 Å². The molecule has 0 aromatic carbocycles. The molecule has 2 fully saturated rings. The summed E-state index contributed by atoms with van der Waals surface area (Å²) >= 11 is 0. The third-order valence-corrected chi connectivity index (χ3v) is 6.11. The summed E-state index contributed by atoms with van der Waals surface area (Å²) in [7, 11) is -2.02. The van der Waals surface area contributed by atoms with Crippen LogP contribution in [-0.4, -0.2) is 40.0 Å².